The van der Waals surface area contributed by atoms with E-state index in [1.165, 1.54) is 17.1 Å². The minimum Gasteiger partial charge on any atom is -0.490 e. The number of nitrogens with zero attached hydrogens (tertiary/aromatic N) is 1. The van der Waals surface area contributed by atoms with Crippen molar-refractivity contribution in [3.63, 3.8) is 0 Å². The molecule has 56 heavy (non-hydrogen) atoms. The van der Waals surface area contributed by atoms with Gasteiger partial charge in [-0.2, -0.15) is 4.31 Å². The van der Waals surface area contributed by atoms with Gasteiger partial charge in [-0.05, 0) is 143 Å². The molecule has 1 saturated heterocycles. The molecule has 2 bridgehead atoms. The van der Waals surface area contributed by atoms with Crippen LogP contribution in [0.1, 0.15) is 78.6 Å². The molecule has 9 nitrogen and oxygen atoms in total. The summed E-state index contributed by atoms with van der Waals surface area (Å²) in [6, 6.07) is 25.2. The fourth-order valence-corrected chi connectivity index (χ4v) is 11.5. The number of halogens is 1. The molecular weight excluding hydrogens is 748 g/mol. The number of Topliss-reactive ketones (excluding diaryl/α,β-unsaturated/α-hetero) is 1. The number of amides is 1. The van der Waals surface area contributed by atoms with Crippen molar-refractivity contribution in [1.82, 2.24) is 9.62 Å². The number of benzene rings is 4. The lowest BCUT2D eigenvalue weighted by Gasteiger charge is -2.37. The number of carbonyl (C=O) groups excluding carboxylic acids is 2. The molecule has 4 fully saturated rings. The zero-order chi connectivity index (χ0) is 39.2. The monoisotopic (exact) mass is 798 g/mol. The van der Waals surface area contributed by atoms with Crippen LogP contribution in [0.15, 0.2) is 89.8 Å². The smallest absolute Gasteiger partial charge is 0.407 e. The van der Waals surface area contributed by atoms with Gasteiger partial charge < -0.3 is 19.5 Å². The van der Waals surface area contributed by atoms with Crippen molar-refractivity contribution in [2.75, 3.05) is 6.54 Å². The molecule has 0 aromatic heterocycles. The first-order valence-corrected chi connectivity index (χ1v) is 21.9. The molecular formula is C45H51ClN2O7S. The molecule has 296 valence electrons. The Labute approximate surface area is 335 Å². The number of ether oxygens (including phenoxy) is 3. The normalized spacial score (nSPS) is 25.6. The van der Waals surface area contributed by atoms with E-state index in [0.29, 0.717) is 23.6 Å². The maximum Gasteiger partial charge on any atom is 0.407 e. The minimum atomic E-state index is -4.13. The van der Waals surface area contributed by atoms with Crippen LogP contribution in [0.2, 0.25) is 5.02 Å². The summed E-state index contributed by atoms with van der Waals surface area (Å²) in [6.45, 7) is 5.53. The van der Waals surface area contributed by atoms with Crippen molar-refractivity contribution in [3.05, 3.63) is 90.0 Å². The van der Waals surface area contributed by atoms with Gasteiger partial charge >= 0.3 is 6.09 Å². The van der Waals surface area contributed by atoms with E-state index in [1.54, 1.807) is 24.3 Å². The number of hydrogen-bond acceptors (Lipinski definition) is 7. The average Bonchev–Trinajstić information content (AvgIpc) is 3.90. The second kappa shape index (κ2) is 15.7. The maximum atomic E-state index is 14.8. The highest BCUT2D eigenvalue weighted by molar-refractivity contribution is 7.89. The predicted molar refractivity (Wildman–Crippen MR) is 218 cm³/mol. The number of alkyl carbamates (subject to hydrolysis) is 1. The maximum absolute atomic E-state index is 14.8. The predicted octanol–water partition coefficient (Wildman–Crippen LogP) is 9.59. The van der Waals surface area contributed by atoms with Crippen LogP contribution in [0, 0.1) is 17.8 Å². The number of rotatable bonds is 10. The average molecular weight is 799 g/mol. The molecule has 0 radical (unpaired) electrons. The van der Waals surface area contributed by atoms with Crippen LogP contribution < -0.4 is 14.8 Å². The van der Waals surface area contributed by atoms with Crippen molar-refractivity contribution >= 4 is 44.3 Å². The summed E-state index contributed by atoms with van der Waals surface area (Å²) in [5, 5.41) is 5.28. The zero-order valence-corrected chi connectivity index (χ0v) is 33.9. The highest BCUT2D eigenvalue weighted by atomic mass is 35.5. The van der Waals surface area contributed by atoms with Gasteiger partial charge in [0.2, 0.25) is 10.0 Å². The Morgan fingerprint density at radius 3 is 2.12 bits per heavy atom. The Morgan fingerprint density at radius 1 is 0.768 bits per heavy atom. The number of ketones is 1. The molecule has 11 heteroatoms. The first-order valence-electron chi connectivity index (χ1n) is 20.1. The molecule has 4 aromatic rings. The number of carbonyl (C=O) groups is 2. The van der Waals surface area contributed by atoms with Gasteiger partial charge in [-0.25, -0.2) is 13.2 Å². The minimum absolute atomic E-state index is 0.0269. The van der Waals surface area contributed by atoms with Gasteiger partial charge in [0.25, 0.3) is 0 Å². The summed E-state index contributed by atoms with van der Waals surface area (Å²) in [5.41, 5.74) is 1.13. The summed E-state index contributed by atoms with van der Waals surface area (Å²) in [5.74, 6) is 1.06. The lowest BCUT2D eigenvalue weighted by molar-refractivity contribution is -0.129. The molecule has 1 amide bonds. The quantitative estimate of drug-likeness (QED) is 0.170. The molecule has 1 heterocycles. The summed E-state index contributed by atoms with van der Waals surface area (Å²) in [6.07, 6.45) is 6.89. The molecule has 1 N–H and O–H groups in total. The van der Waals surface area contributed by atoms with Crippen LogP contribution >= 0.6 is 11.6 Å². The van der Waals surface area contributed by atoms with Crippen LogP contribution in [0.3, 0.4) is 0 Å². The van der Waals surface area contributed by atoms with Crippen LogP contribution in [-0.2, 0) is 19.6 Å². The van der Waals surface area contributed by atoms with E-state index < -0.39 is 33.9 Å². The Morgan fingerprint density at radius 2 is 1.41 bits per heavy atom. The molecule has 8 rings (SSSR count). The van der Waals surface area contributed by atoms with E-state index >= 15 is 0 Å². The van der Waals surface area contributed by atoms with Crippen LogP contribution in [0.25, 0.3) is 21.9 Å². The van der Waals surface area contributed by atoms with Crippen molar-refractivity contribution in [3.8, 4) is 22.6 Å². The molecule has 0 spiro atoms. The third-order valence-electron chi connectivity index (χ3n) is 12.0. The summed E-state index contributed by atoms with van der Waals surface area (Å²) in [7, 11) is -4.13. The van der Waals surface area contributed by atoms with Crippen LogP contribution in [0.4, 0.5) is 4.79 Å². The van der Waals surface area contributed by atoms with Crippen LogP contribution in [-0.4, -0.2) is 61.0 Å². The molecule has 3 saturated carbocycles. The molecule has 4 aromatic carbocycles. The largest absolute Gasteiger partial charge is 0.490 e. The number of nitrogens with one attached hydrogen (secondary N) is 1. The first-order chi connectivity index (χ1) is 26.8. The molecule has 1 aliphatic heterocycles. The lowest BCUT2D eigenvalue weighted by Crippen LogP contribution is -2.49. The highest BCUT2D eigenvalue weighted by Gasteiger charge is 2.53. The van der Waals surface area contributed by atoms with E-state index in [2.05, 4.69) is 5.32 Å². The highest BCUT2D eigenvalue weighted by Crippen LogP contribution is 2.49. The van der Waals surface area contributed by atoms with Crippen molar-refractivity contribution < 1.29 is 32.2 Å². The Bertz CT molecular complexity index is 2190. The van der Waals surface area contributed by atoms with Gasteiger partial charge in [-0.15, -0.1) is 0 Å². The van der Waals surface area contributed by atoms with Crippen LogP contribution in [0.5, 0.6) is 11.5 Å². The second-order valence-electron chi connectivity index (χ2n) is 17.1. The van der Waals surface area contributed by atoms with Crippen molar-refractivity contribution in [2.45, 2.75) is 113 Å². The summed E-state index contributed by atoms with van der Waals surface area (Å²) in [4.78, 5) is 27.6. The van der Waals surface area contributed by atoms with Gasteiger partial charge in [0.15, 0.2) is 5.78 Å². The van der Waals surface area contributed by atoms with E-state index in [-0.39, 0.29) is 53.5 Å². The van der Waals surface area contributed by atoms with Gasteiger partial charge in [0.1, 0.15) is 23.2 Å². The first kappa shape index (κ1) is 38.7. The Kier molecular flexibility index (Phi) is 10.8. The van der Waals surface area contributed by atoms with Gasteiger partial charge in [-0.1, -0.05) is 54.1 Å². The standard InChI is InChI=1S/C45H51ClN2O7S/c1-45(2,3)55-44(50)47-33-21-31-13-14-32(22-33)42(31)43(49)41-26-37(54-36-18-20-40(46)39(25-36)28-9-5-4-6-10-28)27-48(41)56(51,52)38-19-16-29-23-35(17-15-30(29)24-38)53-34-11-7-8-12-34/h4-6,9-10,15-20,23-25,31-34,37,41-42H,7-8,11-14,21-22,26-27H2,1-3H3,(H,47,50)/t31?,32?,33?,37-,41+,42?/m1/s1. The zero-order valence-electron chi connectivity index (χ0n) is 32.3. The fourth-order valence-electron chi connectivity index (χ4n) is 9.56. The SMILES string of the molecule is CC(C)(C)OC(=O)NC1CC2CCC(C1)C2C(=O)[C@@H]1C[C@@H](Oc2ccc(Cl)c(-c3ccccc3)c2)CN1S(=O)(=O)c1ccc2cc(OC3CCCC3)ccc2c1. The fraction of sp³-hybridized carbons (Fsp3) is 0.467. The van der Waals surface area contributed by atoms with Crippen molar-refractivity contribution in [2.24, 2.45) is 17.8 Å². The van der Waals surface area contributed by atoms with E-state index in [4.69, 9.17) is 25.8 Å². The summed E-state index contributed by atoms with van der Waals surface area (Å²) < 4.78 is 49.1. The Balaban J connectivity index is 1.06. The van der Waals surface area contributed by atoms with Gasteiger partial charge in [0.05, 0.1) is 23.6 Å². The molecule has 4 atom stereocenters. The second-order valence-corrected chi connectivity index (χ2v) is 19.4. The third-order valence-corrected chi connectivity index (χ3v) is 14.2. The topological polar surface area (TPSA) is 111 Å². The molecule has 2 unspecified atom stereocenters. The van der Waals surface area contributed by atoms with Gasteiger partial charge in [-0.3, -0.25) is 4.79 Å². The molecule has 4 aliphatic rings. The van der Waals surface area contributed by atoms with E-state index in [0.717, 1.165) is 53.3 Å². The number of fused-ring (bicyclic) bond motifs is 3. The van der Waals surface area contributed by atoms with Crippen molar-refractivity contribution in [1.29, 1.82) is 0 Å². The Hall–Kier alpha value is -4.12. The van der Waals surface area contributed by atoms with E-state index in [9.17, 15) is 18.0 Å². The lowest BCUT2D eigenvalue weighted by atomic mass is 9.72. The van der Waals surface area contributed by atoms with Gasteiger partial charge in [0, 0.05) is 29.0 Å². The van der Waals surface area contributed by atoms with E-state index in [1.807, 2.05) is 81.4 Å². The summed E-state index contributed by atoms with van der Waals surface area (Å²) >= 11 is 6.61. The number of sulfonamides is 1. The third kappa shape index (κ3) is 8.29. The number of hydrogen-bond donors (Lipinski definition) is 1. The molecule has 3 aliphatic carbocycles.